The predicted octanol–water partition coefficient (Wildman–Crippen LogP) is 0.957. The first-order chi connectivity index (χ1) is 5.63. The summed E-state index contributed by atoms with van der Waals surface area (Å²) in [5.41, 5.74) is 5.27. The van der Waals surface area contributed by atoms with Gasteiger partial charge in [0, 0.05) is 12.6 Å². The lowest BCUT2D eigenvalue weighted by atomic mass is 10.1. The molecule has 0 heterocycles. The Bertz CT molecular complexity index is 258. The molecule has 0 fully saturated rings. The Morgan fingerprint density at radius 2 is 1.75 bits per heavy atom. The van der Waals surface area contributed by atoms with E-state index in [0.717, 1.165) is 18.2 Å². The Morgan fingerprint density at radius 1 is 1.25 bits per heavy atom. The van der Waals surface area contributed by atoms with Crippen LogP contribution < -0.4 is 5.73 Å². The number of nitrogens with two attached hydrogens (primary N) is 1. The lowest BCUT2D eigenvalue weighted by molar-refractivity contribution is 0.186. The van der Waals surface area contributed by atoms with E-state index in [4.69, 9.17) is 10.8 Å². The highest BCUT2D eigenvalue weighted by Gasteiger charge is 2.07. The second-order valence-electron chi connectivity index (χ2n) is 2.45. The maximum atomic E-state index is 12.5. The Kier molecular flexibility index (Phi) is 2.73. The number of hydrogen-bond donors (Lipinski definition) is 2. The van der Waals surface area contributed by atoms with Gasteiger partial charge >= 0.3 is 0 Å². The molecule has 0 radical (unpaired) electrons. The molecule has 0 saturated carbocycles. The normalized spacial score (nSPS) is 13.0. The van der Waals surface area contributed by atoms with Crippen molar-refractivity contribution in [1.82, 2.24) is 0 Å². The average molecular weight is 173 g/mol. The van der Waals surface area contributed by atoms with Gasteiger partial charge in [-0.25, -0.2) is 8.78 Å². The van der Waals surface area contributed by atoms with Crippen molar-refractivity contribution in [2.45, 2.75) is 6.10 Å². The van der Waals surface area contributed by atoms with E-state index in [0.29, 0.717) is 0 Å². The highest BCUT2D eigenvalue weighted by atomic mass is 19.1. The van der Waals surface area contributed by atoms with Gasteiger partial charge < -0.3 is 10.8 Å². The summed E-state index contributed by atoms with van der Waals surface area (Å²) in [7, 11) is 0. The van der Waals surface area contributed by atoms with Gasteiger partial charge in [0.2, 0.25) is 0 Å². The lowest BCUT2D eigenvalue weighted by Gasteiger charge is -2.07. The molecule has 0 amide bonds. The monoisotopic (exact) mass is 173 g/mol. The Morgan fingerprint density at radius 3 is 2.17 bits per heavy atom. The number of aliphatic hydroxyl groups excluding tert-OH is 1. The fourth-order valence-electron chi connectivity index (χ4n) is 0.904. The topological polar surface area (TPSA) is 46.2 Å². The van der Waals surface area contributed by atoms with Crippen LogP contribution in [0.15, 0.2) is 18.2 Å². The molecule has 0 aliphatic heterocycles. The third-order valence-corrected chi connectivity index (χ3v) is 1.49. The molecule has 0 aromatic heterocycles. The second-order valence-corrected chi connectivity index (χ2v) is 2.45. The van der Waals surface area contributed by atoms with Crippen molar-refractivity contribution < 1.29 is 13.9 Å². The minimum Gasteiger partial charge on any atom is -0.387 e. The molecule has 3 N–H and O–H groups in total. The number of rotatable bonds is 2. The lowest BCUT2D eigenvalue weighted by Crippen LogP contribution is -2.11. The third-order valence-electron chi connectivity index (χ3n) is 1.49. The molecule has 66 valence electrons. The van der Waals surface area contributed by atoms with E-state index < -0.39 is 17.7 Å². The molecular weight excluding hydrogens is 164 g/mol. The SMILES string of the molecule is NCC(O)c1cc(F)cc(F)c1. The first-order valence-corrected chi connectivity index (χ1v) is 3.47. The van der Waals surface area contributed by atoms with Crippen LogP contribution in [0.25, 0.3) is 0 Å². The van der Waals surface area contributed by atoms with E-state index >= 15 is 0 Å². The fraction of sp³-hybridized carbons (Fsp3) is 0.250. The molecular formula is C8H9F2NO. The van der Waals surface area contributed by atoms with E-state index in [2.05, 4.69) is 0 Å². The minimum atomic E-state index is -1.00. The smallest absolute Gasteiger partial charge is 0.126 e. The van der Waals surface area contributed by atoms with Crippen molar-refractivity contribution in [3.63, 3.8) is 0 Å². The van der Waals surface area contributed by atoms with Crippen LogP contribution in [-0.4, -0.2) is 11.7 Å². The predicted molar refractivity (Wildman–Crippen MR) is 40.4 cm³/mol. The van der Waals surface area contributed by atoms with Gasteiger partial charge in [0.1, 0.15) is 11.6 Å². The van der Waals surface area contributed by atoms with Crippen molar-refractivity contribution in [1.29, 1.82) is 0 Å². The van der Waals surface area contributed by atoms with Crippen LogP contribution >= 0.6 is 0 Å². The molecule has 0 aliphatic rings. The zero-order valence-corrected chi connectivity index (χ0v) is 6.30. The molecule has 1 aromatic carbocycles. The van der Waals surface area contributed by atoms with Crippen LogP contribution in [0.3, 0.4) is 0 Å². The summed E-state index contributed by atoms with van der Waals surface area (Å²) < 4.78 is 25.1. The Labute approximate surface area is 68.6 Å². The van der Waals surface area contributed by atoms with E-state index in [9.17, 15) is 8.78 Å². The molecule has 0 spiro atoms. The van der Waals surface area contributed by atoms with E-state index in [1.165, 1.54) is 0 Å². The molecule has 1 rings (SSSR count). The first kappa shape index (κ1) is 9.09. The zero-order chi connectivity index (χ0) is 9.14. The maximum absolute atomic E-state index is 12.5. The number of hydrogen-bond acceptors (Lipinski definition) is 2. The highest BCUT2D eigenvalue weighted by molar-refractivity contribution is 5.20. The standard InChI is InChI=1S/C8H9F2NO/c9-6-1-5(8(12)4-11)2-7(10)3-6/h1-3,8,12H,4,11H2. The van der Waals surface area contributed by atoms with Crippen LogP contribution in [0.5, 0.6) is 0 Å². The van der Waals surface area contributed by atoms with Gasteiger partial charge in [-0.3, -0.25) is 0 Å². The van der Waals surface area contributed by atoms with Gasteiger partial charge in [-0.1, -0.05) is 0 Å². The van der Waals surface area contributed by atoms with Crippen molar-refractivity contribution in [3.05, 3.63) is 35.4 Å². The van der Waals surface area contributed by atoms with Gasteiger partial charge in [-0.15, -0.1) is 0 Å². The summed E-state index contributed by atoms with van der Waals surface area (Å²) in [4.78, 5) is 0. The molecule has 2 nitrogen and oxygen atoms in total. The summed E-state index contributed by atoms with van der Waals surface area (Å²) in [6.45, 7) is -0.0527. The summed E-state index contributed by atoms with van der Waals surface area (Å²) >= 11 is 0. The average Bonchev–Trinajstić information content (AvgIpc) is 2.01. The zero-order valence-electron chi connectivity index (χ0n) is 6.30. The van der Waals surface area contributed by atoms with E-state index in [-0.39, 0.29) is 12.1 Å². The summed E-state index contributed by atoms with van der Waals surface area (Å²) in [5, 5.41) is 9.12. The molecule has 1 atom stereocenters. The summed E-state index contributed by atoms with van der Waals surface area (Å²) in [6.07, 6.45) is -1.00. The quantitative estimate of drug-likeness (QED) is 0.699. The van der Waals surface area contributed by atoms with Gasteiger partial charge in [0.05, 0.1) is 6.10 Å². The van der Waals surface area contributed by atoms with Gasteiger partial charge in [0.15, 0.2) is 0 Å². The molecule has 0 aliphatic carbocycles. The second kappa shape index (κ2) is 3.60. The van der Waals surface area contributed by atoms with Crippen LogP contribution in [0, 0.1) is 11.6 Å². The highest BCUT2D eigenvalue weighted by Crippen LogP contribution is 2.14. The minimum absolute atomic E-state index is 0.0527. The maximum Gasteiger partial charge on any atom is 0.126 e. The van der Waals surface area contributed by atoms with Crippen molar-refractivity contribution in [3.8, 4) is 0 Å². The number of benzene rings is 1. The van der Waals surface area contributed by atoms with Crippen molar-refractivity contribution >= 4 is 0 Å². The van der Waals surface area contributed by atoms with Crippen LogP contribution in [0.2, 0.25) is 0 Å². The Balaban J connectivity index is 3.00. The van der Waals surface area contributed by atoms with Crippen LogP contribution in [0.1, 0.15) is 11.7 Å². The van der Waals surface area contributed by atoms with E-state index in [1.807, 2.05) is 0 Å². The van der Waals surface area contributed by atoms with Gasteiger partial charge in [-0.05, 0) is 17.7 Å². The molecule has 1 unspecified atom stereocenters. The molecule has 12 heavy (non-hydrogen) atoms. The number of halogens is 2. The molecule has 1 aromatic rings. The molecule has 0 bridgehead atoms. The summed E-state index contributed by atoms with van der Waals surface area (Å²) in [6, 6.07) is 2.86. The summed E-state index contributed by atoms with van der Waals surface area (Å²) in [5.74, 6) is -1.42. The fourth-order valence-corrected chi connectivity index (χ4v) is 0.904. The molecule has 4 heteroatoms. The third kappa shape index (κ3) is 1.99. The van der Waals surface area contributed by atoms with Crippen molar-refractivity contribution in [2.24, 2.45) is 5.73 Å². The van der Waals surface area contributed by atoms with E-state index in [1.54, 1.807) is 0 Å². The molecule has 0 saturated heterocycles. The first-order valence-electron chi connectivity index (χ1n) is 3.47. The van der Waals surface area contributed by atoms with Crippen molar-refractivity contribution in [2.75, 3.05) is 6.54 Å². The largest absolute Gasteiger partial charge is 0.387 e. The van der Waals surface area contributed by atoms with Crippen LogP contribution in [0.4, 0.5) is 8.78 Å². The van der Waals surface area contributed by atoms with Gasteiger partial charge in [-0.2, -0.15) is 0 Å². The Hall–Kier alpha value is -1.00. The number of aliphatic hydroxyl groups is 1. The van der Waals surface area contributed by atoms with Gasteiger partial charge in [0.25, 0.3) is 0 Å². The van der Waals surface area contributed by atoms with Crippen LogP contribution in [-0.2, 0) is 0 Å².